The molecule has 4 amide bonds. The summed E-state index contributed by atoms with van der Waals surface area (Å²) in [5.74, 6) is 0.187. The van der Waals surface area contributed by atoms with E-state index in [1.807, 2.05) is 47.4 Å². The molecule has 3 heterocycles. The number of rotatable bonds is 5. The molecule has 220 valence electrons. The van der Waals surface area contributed by atoms with Crippen LogP contribution in [-0.4, -0.2) is 77.2 Å². The van der Waals surface area contributed by atoms with E-state index in [9.17, 15) is 14.4 Å². The van der Waals surface area contributed by atoms with Crippen LogP contribution in [0.15, 0.2) is 51.4 Å². The van der Waals surface area contributed by atoms with Crippen molar-refractivity contribution in [1.29, 1.82) is 0 Å². The average Bonchev–Trinajstić information content (AvgIpc) is 3.12. The van der Waals surface area contributed by atoms with E-state index in [2.05, 4.69) is 44.1 Å². The topological polar surface area (TPSA) is 108 Å². The van der Waals surface area contributed by atoms with Crippen LogP contribution in [0.4, 0.5) is 15.3 Å². The van der Waals surface area contributed by atoms with Crippen molar-refractivity contribution in [1.82, 2.24) is 14.7 Å². The Labute approximate surface area is 258 Å². The summed E-state index contributed by atoms with van der Waals surface area (Å²) < 4.78 is 7.70. The summed E-state index contributed by atoms with van der Waals surface area (Å²) in [6.45, 7) is 4.21. The Morgan fingerprint density at radius 3 is 2.54 bits per heavy atom. The molecule has 0 aromatic heterocycles. The van der Waals surface area contributed by atoms with E-state index in [4.69, 9.17) is 10.5 Å². The highest BCUT2D eigenvalue weighted by Crippen LogP contribution is 2.28. The van der Waals surface area contributed by atoms with Gasteiger partial charge in [0.05, 0.1) is 6.17 Å². The van der Waals surface area contributed by atoms with Crippen LogP contribution >= 0.6 is 31.9 Å². The molecular formula is C30H37Br2N5O4. The van der Waals surface area contributed by atoms with Crippen molar-refractivity contribution < 1.29 is 19.1 Å². The van der Waals surface area contributed by atoms with Gasteiger partial charge in [-0.05, 0) is 99.2 Å². The fourth-order valence-electron chi connectivity index (χ4n) is 6.00. The molecule has 9 nitrogen and oxygen atoms in total. The molecule has 2 aromatic rings. The zero-order valence-electron chi connectivity index (χ0n) is 23.2. The van der Waals surface area contributed by atoms with Gasteiger partial charge in [-0.3, -0.25) is 4.79 Å². The van der Waals surface area contributed by atoms with Crippen molar-refractivity contribution in [2.75, 3.05) is 31.5 Å². The lowest BCUT2D eigenvalue weighted by Gasteiger charge is -2.39. The van der Waals surface area contributed by atoms with E-state index >= 15 is 0 Å². The summed E-state index contributed by atoms with van der Waals surface area (Å²) in [5.41, 5.74) is 9.22. The number of ether oxygens (including phenoxy) is 1. The van der Waals surface area contributed by atoms with E-state index < -0.39 is 18.4 Å². The molecule has 3 aliphatic rings. The lowest BCUT2D eigenvalue weighted by atomic mass is 9.95. The second-order valence-electron chi connectivity index (χ2n) is 11.3. The minimum Gasteiger partial charge on any atom is -0.436 e. The fraction of sp³-hybridized carbons (Fsp3) is 0.500. The highest BCUT2D eigenvalue weighted by molar-refractivity contribution is 9.13. The van der Waals surface area contributed by atoms with Gasteiger partial charge in [-0.2, -0.15) is 0 Å². The number of benzene rings is 2. The Hall–Kier alpha value is -2.63. The molecule has 3 aliphatic heterocycles. The van der Waals surface area contributed by atoms with Gasteiger partial charge in [0.1, 0.15) is 0 Å². The number of nitrogens with one attached hydrogen (secondary N) is 1. The molecule has 3 N–H and O–H groups in total. The maximum atomic E-state index is 13.7. The summed E-state index contributed by atoms with van der Waals surface area (Å²) >= 11 is 7.01. The highest BCUT2D eigenvalue weighted by atomic mass is 79.9. The summed E-state index contributed by atoms with van der Waals surface area (Å²) in [6.07, 6.45) is 2.02. The zero-order valence-corrected chi connectivity index (χ0v) is 26.4. The molecule has 41 heavy (non-hydrogen) atoms. The molecule has 3 atom stereocenters. The van der Waals surface area contributed by atoms with Gasteiger partial charge >= 0.3 is 12.1 Å². The van der Waals surface area contributed by atoms with Gasteiger partial charge in [-0.1, -0.05) is 31.2 Å². The van der Waals surface area contributed by atoms with E-state index in [1.54, 1.807) is 9.80 Å². The number of urea groups is 1. The molecule has 2 aromatic carbocycles. The number of anilines is 1. The van der Waals surface area contributed by atoms with Crippen LogP contribution in [0.3, 0.4) is 0 Å². The van der Waals surface area contributed by atoms with Crippen LogP contribution in [0.5, 0.6) is 0 Å². The highest BCUT2D eigenvalue weighted by Gasteiger charge is 2.37. The van der Waals surface area contributed by atoms with E-state index in [0.717, 1.165) is 45.0 Å². The smallest absolute Gasteiger partial charge is 0.410 e. The molecule has 0 radical (unpaired) electrons. The number of carbonyl (C=O) groups excluding carboxylic acids is 3. The second kappa shape index (κ2) is 13.1. The third-order valence-corrected chi connectivity index (χ3v) is 10.3. The lowest BCUT2D eigenvalue weighted by molar-refractivity contribution is -0.145. The van der Waals surface area contributed by atoms with Gasteiger partial charge in [0.25, 0.3) is 5.91 Å². The summed E-state index contributed by atoms with van der Waals surface area (Å²) in [5, 5.41) is 3.03. The predicted octanol–water partition coefficient (Wildman–Crippen LogP) is 5.36. The molecule has 5 rings (SSSR count). The number of amides is 4. The number of fused-ring (bicyclic) bond motifs is 1. The number of nitrogens with two attached hydrogens (primary N) is 1. The quantitative estimate of drug-likeness (QED) is 0.440. The van der Waals surface area contributed by atoms with Crippen LogP contribution in [0, 0.1) is 5.92 Å². The Morgan fingerprint density at radius 2 is 1.80 bits per heavy atom. The number of carbonyl (C=O) groups is 3. The molecule has 0 bridgehead atoms. The van der Waals surface area contributed by atoms with Crippen LogP contribution in [0.2, 0.25) is 0 Å². The van der Waals surface area contributed by atoms with Crippen molar-refractivity contribution in [2.45, 2.75) is 63.8 Å². The number of likely N-dealkylation sites (tertiary alicyclic amines) is 2. The normalized spacial score (nSPS) is 22.4. The largest absolute Gasteiger partial charge is 0.436 e. The average molecular weight is 691 g/mol. The first-order valence-corrected chi connectivity index (χ1v) is 15.9. The number of halogens is 2. The molecule has 0 spiro atoms. The number of para-hydroxylation sites is 1. The van der Waals surface area contributed by atoms with Crippen molar-refractivity contribution in [3.8, 4) is 0 Å². The van der Waals surface area contributed by atoms with Gasteiger partial charge < -0.3 is 30.5 Å². The molecule has 0 aliphatic carbocycles. The molecule has 11 heteroatoms. The van der Waals surface area contributed by atoms with E-state index in [1.165, 1.54) is 0 Å². The monoisotopic (exact) mass is 689 g/mol. The van der Waals surface area contributed by atoms with Gasteiger partial charge in [0, 0.05) is 53.3 Å². The zero-order chi connectivity index (χ0) is 29.1. The van der Waals surface area contributed by atoms with Crippen LogP contribution in [0.1, 0.15) is 43.7 Å². The third kappa shape index (κ3) is 7.06. The number of piperidine rings is 2. The Bertz CT molecular complexity index is 1290. The van der Waals surface area contributed by atoms with Crippen molar-refractivity contribution in [2.24, 2.45) is 11.7 Å². The minimum absolute atomic E-state index is 0.0271. The molecule has 0 saturated carbocycles. The van der Waals surface area contributed by atoms with Crippen molar-refractivity contribution in [3.05, 3.63) is 62.5 Å². The van der Waals surface area contributed by atoms with Gasteiger partial charge in [0.15, 0.2) is 6.10 Å². The van der Waals surface area contributed by atoms with Crippen molar-refractivity contribution in [3.63, 3.8) is 0 Å². The van der Waals surface area contributed by atoms with Crippen LogP contribution in [-0.2, 0) is 22.4 Å². The Kier molecular flexibility index (Phi) is 9.56. The van der Waals surface area contributed by atoms with Crippen LogP contribution in [0.25, 0.3) is 0 Å². The molecular weight excluding hydrogens is 654 g/mol. The molecule has 2 fully saturated rings. The second-order valence-corrected chi connectivity index (χ2v) is 13.0. The van der Waals surface area contributed by atoms with Crippen LogP contribution < -0.4 is 11.1 Å². The third-order valence-electron chi connectivity index (χ3n) is 8.42. The first kappa shape index (κ1) is 29.8. The Morgan fingerprint density at radius 1 is 1.05 bits per heavy atom. The van der Waals surface area contributed by atoms with Gasteiger partial charge in [-0.15, -0.1) is 0 Å². The summed E-state index contributed by atoms with van der Waals surface area (Å²) in [7, 11) is 0. The first-order valence-electron chi connectivity index (χ1n) is 14.3. The maximum Gasteiger partial charge on any atom is 0.410 e. The lowest BCUT2D eigenvalue weighted by Crippen LogP contribution is -2.55. The molecule has 2 saturated heterocycles. The number of nitrogens with zero attached hydrogens (tertiary/aromatic N) is 3. The van der Waals surface area contributed by atoms with Gasteiger partial charge in [0.2, 0.25) is 0 Å². The predicted molar refractivity (Wildman–Crippen MR) is 164 cm³/mol. The number of hydrogen-bond donors (Lipinski definition) is 2. The molecule has 2 unspecified atom stereocenters. The van der Waals surface area contributed by atoms with Gasteiger partial charge in [-0.25, -0.2) is 9.59 Å². The Balaban J connectivity index is 1.23. The number of hydrogen-bond acceptors (Lipinski definition) is 5. The first-order chi connectivity index (χ1) is 19.7. The van der Waals surface area contributed by atoms with E-state index in [0.29, 0.717) is 44.9 Å². The van der Waals surface area contributed by atoms with E-state index in [-0.39, 0.29) is 24.4 Å². The summed E-state index contributed by atoms with van der Waals surface area (Å²) in [4.78, 5) is 45.2. The SMILES string of the molecule is CC1CCN(C(=O)[C@@H](Cc2ccc(Br)c(Br)c2)OC(=O)N2CCC(N3CCc4ccccc4NC3=O)CC2)C(N)C1. The fourth-order valence-corrected chi connectivity index (χ4v) is 6.67. The maximum absolute atomic E-state index is 13.7. The van der Waals surface area contributed by atoms with Crippen molar-refractivity contribution >= 4 is 55.6 Å². The summed E-state index contributed by atoms with van der Waals surface area (Å²) in [6, 6.07) is 13.5. The standard InChI is InChI=1S/C30H37Br2N5O4/c1-19-8-14-37(27(33)16-19)28(38)26(18-20-6-7-23(31)24(32)17-20)41-30(40)35-12-10-22(11-13-35)36-15-9-21-4-2-3-5-25(21)34-29(36)39/h2-7,17,19,22,26-27H,8-16,18,33H2,1H3,(H,34,39)/t19?,26-,27?/m1/s1. The minimum atomic E-state index is -0.984.